The van der Waals surface area contributed by atoms with Crippen molar-refractivity contribution < 1.29 is 52.2 Å². The number of rotatable bonds is 2. The Morgan fingerprint density at radius 1 is 1.38 bits per heavy atom. The normalized spacial score (nSPS) is 22.8. The predicted molar refractivity (Wildman–Crippen MR) is 69.7 cm³/mol. The summed E-state index contributed by atoms with van der Waals surface area (Å²) in [4.78, 5) is 34.8. The van der Waals surface area contributed by atoms with Crippen molar-refractivity contribution in [1.82, 2.24) is 9.80 Å². The summed E-state index contributed by atoms with van der Waals surface area (Å²) >= 11 is 0. The van der Waals surface area contributed by atoms with Crippen LogP contribution in [0.2, 0.25) is 0 Å². The Hall–Kier alpha value is -1.22. The number of nitrogens with zero attached hydrogens (tertiary/aromatic N) is 2. The zero-order valence-corrected chi connectivity index (χ0v) is 14.6. The third kappa shape index (κ3) is 4.37. The van der Waals surface area contributed by atoms with Gasteiger partial charge >= 0.3 is 12.0 Å². The largest absolute Gasteiger partial charge is 0.480 e. The second kappa shape index (κ2) is 8.28. The van der Waals surface area contributed by atoms with E-state index in [1.54, 1.807) is 6.92 Å². The van der Waals surface area contributed by atoms with Gasteiger partial charge in [-0.2, -0.15) is 0 Å². The van der Waals surface area contributed by atoms with Crippen molar-refractivity contribution in [3.63, 3.8) is 0 Å². The first kappa shape index (κ1) is 19.8. The molecule has 0 bridgehead atoms. The summed E-state index contributed by atoms with van der Waals surface area (Å²) < 4.78 is 0. The molecule has 0 aliphatic carbocycles. The van der Waals surface area contributed by atoms with Crippen LogP contribution < -0.4 is 11.5 Å². The van der Waals surface area contributed by atoms with Crippen molar-refractivity contribution in [2.24, 2.45) is 17.4 Å². The van der Waals surface area contributed by atoms with E-state index in [0.29, 0.717) is 11.3 Å². The van der Waals surface area contributed by atoms with Crippen molar-refractivity contribution in [2.75, 3.05) is 13.1 Å². The Balaban J connectivity index is 0.000000425. The van der Waals surface area contributed by atoms with E-state index in [1.807, 2.05) is 4.90 Å². The van der Waals surface area contributed by atoms with Gasteiger partial charge in [0.15, 0.2) is 12.0 Å². The van der Waals surface area contributed by atoms with Gasteiger partial charge < -0.3 is 21.5 Å². The van der Waals surface area contributed by atoms with Crippen molar-refractivity contribution in [3.8, 4) is 0 Å². The van der Waals surface area contributed by atoms with Crippen LogP contribution >= 0.6 is 0 Å². The van der Waals surface area contributed by atoms with E-state index in [2.05, 4.69) is 0 Å². The minimum atomic E-state index is -1.19. The van der Waals surface area contributed by atoms with Crippen molar-refractivity contribution in [1.29, 1.82) is 5.41 Å². The van der Waals surface area contributed by atoms with Gasteiger partial charge in [0.25, 0.3) is 0 Å². The number of nitrogens with two attached hydrogens (primary N) is 2. The molecule has 2 rings (SSSR count). The number of carbonyl (C=O) groups excluding carboxylic acids is 2. The Morgan fingerprint density at radius 2 is 1.90 bits per heavy atom. The van der Waals surface area contributed by atoms with Crippen LogP contribution in [0.15, 0.2) is 0 Å². The molecule has 6 N–H and O–H groups in total. The van der Waals surface area contributed by atoms with Gasteiger partial charge in [-0.25, -0.2) is 14.5 Å². The molecule has 10 heteroatoms. The minimum absolute atomic E-state index is 0. The van der Waals surface area contributed by atoms with Gasteiger partial charge in [0.05, 0.1) is 5.92 Å². The van der Waals surface area contributed by atoms with Crippen LogP contribution in [0, 0.1) is 11.3 Å². The molecule has 115 valence electrons. The summed E-state index contributed by atoms with van der Waals surface area (Å²) in [6, 6.07) is -2.07. The number of carboxylic acids is 1. The number of likely N-dealkylation sites (tertiary alicyclic amines) is 2. The van der Waals surface area contributed by atoms with E-state index in [1.165, 1.54) is 6.42 Å². The third-order valence-electron chi connectivity index (χ3n) is 3.34. The molecule has 21 heavy (non-hydrogen) atoms. The van der Waals surface area contributed by atoms with Crippen LogP contribution in [0.4, 0.5) is 4.79 Å². The maximum Gasteiger partial charge on any atom is 0.327 e. The molecule has 2 heterocycles. The van der Waals surface area contributed by atoms with E-state index >= 15 is 0 Å². The summed E-state index contributed by atoms with van der Waals surface area (Å²) in [5.41, 5.74) is 9.94. The summed E-state index contributed by atoms with van der Waals surface area (Å²) in [5, 5.41) is 15.5. The maximum absolute atomic E-state index is 11.1. The SMILES string of the molecule is CCC1C(=O)N(C(N)=O)C1C(=O)O.N=C(N)N1CCC1.[Y]. The minimum Gasteiger partial charge on any atom is -0.480 e. The molecular weight excluding hydrogens is 355 g/mol. The fourth-order valence-electron chi connectivity index (χ4n) is 2.03. The Bertz CT molecular complexity index is 440. The fourth-order valence-corrected chi connectivity index (χ4v) is 2.03. The Labute approximate surface area is 147 Å². The second-order valence-corrected chi connectivity index (χ2v) is 4.57. The van der Waals surface area contributed by atoms with Crippen LogP contribution in [-0.2, 0) is 42.3 Å². The van der Waals surface area contributed by atoms with Gasteiger partial charge in [-0.1, -0.05) is 6.92 Å². The summed E-state index contributed by atoms with van der Waals surface area (Å²) in [6.45, 7) is 3.65. The smallest absolute Gasteiger partial charge is 0.327 e. The zero-order valence-electron chi connectivity index (χ0n) is 11.8. The number of guanidine groups is 1. The fraction of sp³-hybridized carbons (Fsp3) is 0.636. The molecule has 9 nitrogen and oxygen atoms in total. The molecule has 2 fully saturated rings. The average molecular weight is 374 g/mol. The first-order valence-corrected chi connectivity index (χ1v) is 6.25. The van der Waals surface area contributed by atoms with Crippen LogP contribution in [0.1, 0.15) is 19.8 Å². The molecule has 0 aromatic heterocycles. The monoisotopic (exact) mass is 374 g/mol. The molecule has 2 aliphatic heterocycles. The Kier molecular flexibility index (Phi) is 7.80. The number of primary amides is 1. The molecule has 2 unspecified atom stereocenters. The van der Waals surface area contributed by atoms with Gasteiger partial charge in [0.2, 0.25) is 5.91 Å². The summed E-state index contributed by atoms with van der Waals surface area (Å²) in [6.07, 6.45) is 1.60. The van der Waals surface area contributed by atoms with Crippen molar-refractivity contribution in [2.45, 2.75) is 25.8 Å². The van der Waals surface area contributed by atoms with Crippen LogP contribution in [0.25, 0.3) is 0 Å². The van der Waals surface area contributed by atoms with Gasteiger partial charge in [-0.15, -0.1) is 0 Å². The first-order chi connectivity index (χ1) is 9.31. The molecule has 0 spiro atoms. The van der Waals surface area contributed by atoms with Crippen LogP contribution in [0.5, 0.6) is 0 Å². The molecule has 2 aliphatic rings. The predicted octanol–water partition coefficient (Wildman–Crippen LogP) is -1.03. The van der Waals surface area contributed by atoms with Gasteiger partial charge in [-0.3, -0.25) is 10.2 Å². The zero-order chi connectivity index (χ0) is 15.4. The number of carboxylic acid groups (broad SMARTS) is 1. The molecule has 2 atom stereocenters. The van der Waals surface area contributed by atoms with Crippen molar-refractivity contribution in [3.05, 3.63) is 0 Å². The first-order valence-electron chi connectivity index (χ1n) is 6.25. The number of imide groups is 1. The van der Waals surface area contributed by atoms with E-state index in [9.17, 15) is 14.4 Å². The molecule has 0 saturated carbocycles. The molecule has 0 aromatic rings. The Morgan fingerprint density at radius 3 is 2.10 bits per heavy atom. The maximum atomic E-state index is 11.1. The second-order valence-electron chi connectivity index (χ2n) is 4.57. The molecular formula is C11H19N5O4Y. The van der Waals surface area contributed by atoms with Gasteiger partial charge in [-0.05, 0) is 12.8 Å². The van der Waals surface area contributed by atoms with Gasteiger partial charge in [0.1, 0.15) is 0 Å². The van der Waals surface area contributed by atoms with E-state index < -0.39 is 29.9 Å². The van der Waals surface area contributed by atoms with Crippen LogP contribution in [-0.4, -0.2) is 57.9 Å². The number of aliphatic carboxylic acids is 1. The molecule has 2 saturated heterocycles. The number of urea groups is 1. The number of hydrogen-bond donors (Lipinski definition) is 4. The van der Waals surface area contributed by atoms with E-state index in [-0.39, 0.29) is 38.7 Å². The standard InChI is InChI=1S/C7H10N2O4.C4H9N3.Y/c1-2-3-4(6(11)12)9(5(3)10)7(8)13;5-4(6)7-2-1-3-7;/h3-4H,2H2,1H3,(H2,8,13)(H,11,12);1-3H2,(H3,5,6);. The topological polar surface area (TPSA) is 154 Å². The van der Waals surface area contributed by atoms with E-state index in [0.717, 1.165) is 13.1 Å². The number of nitrogens with one attached hydrogen (secondary N) is 1. The third-order valence-corrected chi connectivity index (χ3v) is 3.34. The average Bonchev–Trinajstić information content (AvgIpc) is 2.22. The summed E-state index contributed by atoms with van der Waals surface area (Å²) in [7, 11) is 0. The molecule has 3 amide bonds. The quantitative estimate of drug-likeness (QED) is 0.275. The van der Waals surface area contributed by atoms with Crippen molar-refractivity contribution >= 4 is 23.9 Å². The van der Waals surface area contributed by atoms with E-state index in [4.69, 9.17) is 22.0 Å². The number of carbonyl (C=O) groups is 3. The number of amides is 3. The van der Waals surface area contributed by atoms with Crippen LogP contribution in [0.3, 0.4) is 0 Å². The molecule has 1 radical (unpaired) electrons. The number of β-lactam (4-membered cyclic amide) rings is 1. The van der Waals surface area contributed by atoms with Gasteiger partial charge in [0, 0.05) is 45.8 Å². The summed E-state index contributed by atoms with van der Waals surface area (Å²) in [5.74, 6) is -2.08. The number of hydrogen-bond acceptors (Lipinski definition) is 4. The molecule has 0 aromatic carbocycles.